The summed E-state index contributed by atoms with van der Waals surface area (Å²) < 4.78 is 5.92. The van der Waals surface area contributed by atoms with Crippen LogP contribution in [0.15, 0.2) is 18.2 Å². The monoisotopic (exact) mass is 275 g/mol. The average molecular weight is 275 g/mol. The van der Waals surface area contributed by atoms with Crippen LogP contribution in [0.25, 0.3) is 0 Å². The fourth-order valence-electron chi connectivity index (χ4n) is 2.41. The molecule has 4 nitrogen and oxygen atoms in total. The van der Waals surface area contributed by atoms with E-state index in [2.05, 4.69) is 48.2 Å². The first-order valence-electron chi connectivity index (χ1n) is 7.62. The van der Waals surface area contributed by atoms with Crippen LogP contribution >= 0.6 is 0 Å². The van der Waals surface area contributed by atoms with E-state index in [1.54, 1.807) is 0 Å². The van der Waals surface area contributed by atoms with Crippen molar-refractivity contribution < 1.29 is 4.74 Å². The number of nitrogens with one attached hydrogen (secondary N) is 1. The van der Waals surface area contributed by atoms with E-state index in [9.17, 15) is 0 Å². The van der Waals surface area contributed by atoms with Crippen molar-refractivity contribution in [3.05, 3.63) is 24.0 Å². The Hall–Kier alpha value is -1.58. The Bertz CT molecular complexity index is 459. The van der Waals surface area contributed by atoms with Crippen LogP contribution in [-0.4, -0.2) is 23.1 Å². The molecular weight excluding hydrogens is 250 g/mol. The highest BCUT2D eigenvalue weighted by atomic mass is 16.5. The summed E-state index contributed by atoms with van der Waals surface area (Å²) in [5.41, 5.74) is 0. The van der Waals surface area contributed by atoms with E-state index in [0.29, 0.717) is 17.7 Å². The molecule has 1 aliphatic rings. The lowest BCUT2D eigenvalue weighted by Crippen LogP contribution is -2.21. The van der Waals surface area contributed by atoms with E-state index in [0.717, 1.165) is 44.1 Å². The molecule has 1 aromatic rings. The Morgan fingerprint density at radius 3 is 2.75 bits per heavy atom. The first kappa shape index (κ1) is 14.8. The first-order chi connectivity index (χ1) is 9.72. The van der Waals surface area contributed by atoms with Crippen molar-refractivity contribution in [2.24, 2.45) is 11.8 Å². The summed E-state index contributed by atoms with van der Waals surface area (Å²) in [7, 11) is 0. The summed E-state index contributed by atoms with van der Waals surface area (Å²) in [4.78, 5) is 8.89. The third-order valence-electron chi connectivity index (χ3n) is 3.79. The Balaban J connectivity index is 2.00. The largest absolute Gasteiger partial charge is 0.477 e. The van der Waals surface area contributed by atoms with Gasteiger partial charge in [0.1, 0.15) is 11.6 Å². The second kappa shape index (κ2) is 7.27. The van der Waals surface area contributed by atoms with Gasteiger partial charge in [0.2, 0.25) is 5.88 Å². The van der Waals surface area contributed by atoms with E-state index in [-0.39, 0.29) is 0 Å². The summed E-state index contributed by atoms with van der Waals surface area (Å²) in [6, 6.07) is 1.89. The molecule has 4 heteroatoms. The van der Waals surface area contributed by atoms with Gasteiger partial charge in [-0.05, 0) is 31.6 Å². The van der Waals surface area contributed by atoms with E-state index >= 15 is 0 Å². The number of nitrogens with zero attached hydrogens (tertiary/aromatic N) is 2. The van der Waals surface area contributed by atoms with Gasteiger partial charge in [-0.15, -0.1) is 0 Å². The molecule has 1 aromatic heterocycles. The van der Waals surface area contributed by atoms with Crippen LogP contribution in [-0.2, 0) is 6.42 Å². The molecule has 20 heavy (non-hydrogen) atoms. The lowest BCUT2D eigenvalue weighted by atomic mass is 9.85. The second-order valence-corrected chi connectivity index (χ2v) is 5.38. The number of rotatable bonds is 6. The lowest BCUT2D eigenvalue weighted by Gasteiger charge is -2.25. The molecule has 0 fully saturated rings. The molecule has 110 valence electrons. The SMILES string of the molecule is CCNc1cc(OCC2CC=CCC2C)nc(CC)n1. The number of ether oxygens (including phenoxy) is 1. The van der Waals surface area contributed by atoms with E-state index < -0.39 is 0 Å². The number of aromatic nitrogens is 2. The van der Waals surface area contributed by atoms with Gasteiger partial charge >= 0.3 is 0 Å². The van der Waals surface area contributed by atoms with E-state index in [1.807, 2.05) is 6.07 Å². The fourth-order valence-corrected chi connectivity index (χ4v) is 2.41. The third kappa shape index (κ3) is 3.95. The van der Waals surface area contributed by atoms with Crippen LogP contribution in [0.4, 0.5) is 5.82 Å². The Kier molecular flexibility index (Phi) is 5.39. The van der Waals surface area contributed by atoms with Crippen molar-refractivity contribution in [3.8, 4) is 5.88 Å². The molecule has 0 saturated carbocycles. The van der Waals surface area contributed by atoms with Crippen molar-refractivity contribution >= 4 is 5.82 Å². The Morgan fingerprint density at radius 1 is 1.25 bits per heavy atom. The molecule has 1 aliphatic carbocycles. The maximum absolute atomic E-state index is 5.92. The molecular formula is C16H25N3O. The van der Waals surface area contributed by atoms with Crippen LogP contribution in [0.2, 0.25) is 0 Å². The van der Waals surface area contributed by atoms with Gasteiger partial charge in [-0.1, -0.05) is 26.0 Å². The predicted octanol–water partition coefficient (Wildman–Crippen LogP) is 3.45. The van der Waals surface area contributed by atoms with Crippen LogP contribution in [0.3, 0.4) is 0 Å². The lowest BCUT2D eigenvalue weighted by molar-refractivity contribution is 0.192. The molecule has 2 rings (SSSR count). The highest BCUT2D eigenvalue weighted by molar-refractivity contribution is 5.38. The average Bonchev–Trinajstić information content (AvgIpc) is 2.46. The van der Waals surface area contributed by atoms with Crippen LogP contribution in [0.5, 0.6) is 5.88 Å². The van der Waals surface area contributed by atoms with E-state index in [4.69, 9.17) is 4.74 Å². The number of allylic oxidation sites excluding steroid dienone is 2. The fraction of sp³-hybridized carbons (Fsp3) is 0.625. The second-order valence-electron chi connectivity index (χ2n) is 5.38. The number of aryl methyl sites for hydroxylation is 1. The van der Waals surface area contributed by atoms with Gasteiger partial charge in [0, 0.05) is 19.0 Å². The molecule has 2 atom stereocenters. The number of hydrogen-bond acceptors (Lipinski definition) is 4. The minimum atomic E-state index is 0.586. The normalized spacial score (nSPS) is 21.8. The van der Waals surface area contributed by atoms with Gasteiger partial charge in [0.05, 0.1) is 6.61 Å². The summed E-state index contributed by atoms with van der Waals surface area (Å²) >= 11 is 0. The maximum atomic E-state index is 5.92. The van der Waals surface area contributed by atoms with Crippen molar-refractivity contribution in [1.82, 2.24) is 9.97 Å². The van der Waals surface area contributed by atoms with Crippen LogP contribution < -0.4 is 10.1 Å². The van der Waals surface area contributed by atoms with Crippen molar-refractivity contribution in [3.63, 3.8) is 0 Å². The molecule has 1 heterocycles. The molecule has 0 bridgehead atoms. The molecule has 0 radical (unpaired) electrons. The van der Waals surface area contributed by atoms with Crippen LogP contribution in [0, 0.1) is 11.8 Å². The Morgan fingerprint density at radius 2 is 2.05 bits per heavy atom. The summed E-state index contributed by atoms with van der Waals surface area (Å²) in [5, 5.41) is 3.23. The smallest absolute Gasteiger partial charge is 0.218 e. The molecule has 0 aromatic carbocycles. The quantitative estimate of drug-likeness (QED) is 0.808. The minimum absolute atomic E-state index is 0.586. The van der Waals surface area contributed by atoms with Gasteiger partial charge in [0.15, 0.2) is 0 Å². The maximum Gasteiger partial charge on any atom is 0.218 e. The number of hydrogen-bond donors (Lipinski definition) is 1. The van der Waals surface area contributed by atoms with Gasteiger partial charge in [-0.25, -0.2) is 4.98 Å². The van der Waals surface area contributed by atoms with Crippen LogP contribution in [0.1, 0.15) is 39.4 Å². The first-order valence-corrected chi connectivity index (χ1v) is 7.62. The zero-order chi connectivity index (χ0) is 14.4. The highest BCUT2D eigenvalue weighted by Crippen LogP contribution is 2.26. The van der Waals surface area contributed by atoms with Gasteiger partial charge in [0.25, 0.3) is 0 Å². The molecule has 0 aliphatic heterocycles. The summed E-state index contributed by atoms with van der Waals surface area (Å²) in [6.07, 6.45) is 7.60. The standard InChI is InChI=1S/C16H25N3O/c1-4-14-18-15(17-5-2)10-16(19-14)20-11-13-9-7-6-8-12(13)3/h6-7,10,12-13H,4-5,8-9,11H2,1-3H3,(H,17,18,19). The molecule has 1 N–H and O–H groups in total. The Labute approximate surface area is 121 Å². The molecule has 0 spiro atoms. The topological polar surface area (TPSA) is 47.0 Å². The predicted molar refractivity (Wildman–Crippen MR) is 82.1 cm³/mol. The van der Waals surface area contributed by atoms with Crippen molar-refractivity contribution in [2.75, 3.05) is 18.5 Å². The molecule has 2 unspecified atom stereocenters. The van der Waals surface area contributed by atoms with Gasteiger partial charge in [-0.3, -0.25) is 0 Å². The van der Waals surface area contributed by atoms with Gasteiger partial charge in [-0.2, -0.15) is 4.98 Å². The van der Waals surface area contributed by atoms with Gasteiger partial charge < -0.3 is 10.1 Å². The zero-order valence-electron chi connectivity index (χ0n) is 12.7. The minimum Gasteiger partial charge on any atom is -0.477 e. The highest BCUT2D eigenvalue weighted by Gasteiger charge is 2.19. The molecule has 0 amide bonds. The summed E-state index contributed by atoms with van der Waals surface area (Å²) in [6.45, 7) is 7.99. The van der Waals surface area contributed by atoms with Crippen molar-refractivity contribution in [2.45, 2.75) is 40.0 Å². The molecule has 0 saturated heterocycles. The third-order valence-corrected chi connectivity index (χ3v) is 3.79. The summed E-state index contributed by atoms with van der Waals surface area (Å²) in [5.74, 6) is 3.64. The number of anilines is 1. The zero-order valence-corrected chi connectivity index (χ0v) is 12.7. The van der Waals surface area contributed by atoms with Crippen molar-refractivity contribution in [1.29, 1.82) is 0 Å². The van der Waals surface area contributed by atoms with E-state index in [1.165, 1.54) is 0 Å².